The van der Waals surface area contributed by atoms with Crippen LogP contribution in [-0.4, -0.2) is 55.2 Å². The monoisotopic (exact) mass is 259 g/mol. The van der Waals surface area contributed by atoms with Crippen LogP contribution >= 0.6 is 12.2 Å². The maximum absolute atomic E-state index is 11.7. The van der Waals surface area contributed by atoms with Crippen molar-refractivity contribution in [3.8, 4) is 0 Å². The molecule has 1 amide bonds. The Labute approximate surface area is 108 Å². The molecule has 1 aliphatic carbocycles. The minimum Gasteiger partial charge on any atom is -0.393 e. The lowest BCUT2D eigenvalue weighted by Gasteiger charge is -2.21. The summed E-state index contributed by atoms with van der Waals surface area (Å²) in [6.07, 6.45) is 2.85. The molecular formula is C11H21N3O2S. The summed E-state index contributed by atoms with van der Waals surface area (Å²) >= 11 is 4.84. The zero-order valence-corrected chi connectivity index (χ0v) is 11.1. The zero-order chi connectivity index (χ0) is 12.7. The van der Waals surface area contributed by atoms with Crippen LogP contribution in [0.1, 0.15) is 19.3 Å². The van der Waals surface area contributed by atoms with Gasteiger partial charge in [-0.1, -0.05) is 12.2 Å². The molecule has 0 unspecified atom stereocenters. The third-order valence-corrected chi connectivity index (χ3v) is 2.80. The van der Waals surface area contributed by atoms with Gasteiger partial charge < -0.3 is 15.8 Å². The van der Waals surface area contributed by atoms with Gasteiger partial charge >= 0.3 is 0 Å². The quantitative estimate of drug-likeness (QED) is 0.566. The van der Waals surface area contributed by atoms with E-state index in [0.717, 1.165) is 19.4 Å². The number of amides is 1. The van der Waals surface area contributed by atoms with Crippen LogP contribution < -0.4 is 11.1 Å². The van der Waals surface area contributed by atoms with E-state index < -0.39 is 0 Å². The second-order valence-electron chi connectivity index (χ2n) is 4.33. The number of carbonyl (C=O) groups is 1. The van der Waals surface area contributed by atoms with E-state index in [1.165, 1.54) is 0 Å². The van der Waals surface area contributed by atoms with Crippen molar-refractivity contribution in [1.29, 1.82) is 0 Å². The Hall–Kier alpha value is -0.720. The molecule has 0 bridgehead atoms. The van der Waals surface area contributed by atoms with Crippen LogP contribution in [-0.2, 0) is 9.53 Å². The van der Waals surface area contributed by atoms with Gasteiger partial charge in [-0.25, -0.2) is 0 Å². The van der Waals surface area contributed by atoms with E-state index >= 15 is 0 Å². The summed E-state index contributed by atoms with van der Waals surface area (Å²) < 4.78 is 5.02. The predicted octanol–water partition coefficient (Wildman–Crippen LogP) is -0.110. The molecule has 0 aromatic rings. The van der Waals surface area contributed by atoms with Crippen LogP contribution in [0.25, 0.3) is 0 Å². The van der Waals surface area contributed by atoms with Crippen LogP contribution in [0, 0.1) is 0 Å². The van der Waals surface area contributed by atoms with Crippen molar-refractivity contribution in [3.63, 3.8) is 0 Å². The second-order valence-corrected chi connectivity index (χ2v) is 4.85. The smallest absolute Gasteiger partial charge is 0.234 e. The molecule has 0 saturated heterocycles. The first kappa shape index (κ1) is 14.3. The number of thiocarbonyl (C=S) groups is 1. The molecule has 0 aromatic heterocycles. The summed E-state index contributed by atoms with van der Waals surface area (Å²) in [7, 11) is 1.65. The van der Waals surface area contributed by atoms with E-state index in [-0.39, 0.29) is 5.91 Å². The van der Waals surface area contributed by atoms with Gasteiger partial charge in [0.1, 0.15) is 0 Å². The number of hydrogen-bond acceptors (Lipinski definition) is 4. The van der Waals surface area contributed by atoms with E-state index in [1.807, 2.05) is 4.90 Å². The SMILES string of the molecule is COCCN(CCC(N)=S)CC(=O)NC1CC1. The fraction of sp³-hybridized carbons (Fsp3) is 0.818. The van der Waals surface area contributed by atoms with Gasteiger partial charge in [0.15, 0.2) is 0 Å². The van der Waals surface area contributed by atoms with E-state index in [0.29, 0.717) is 37.1 Å². The van der Waals surface area contributed by atoms with Crippen LogP contribution in [0.5, 0.6) is 0 Å². The highest BCUT2D eigenvalue weighted by Crippen LogP contribution is 2.18. The molecule has 0 atom stereocenters. The molecule has 6 heteroatoms. The molecule has 0 spiro atoms. The van der Waals surface area contributed by atoms with Crippen LogP contribution in [0.3, 0.4) is 0 Å². The summed E-state index contributed by atoms with van der Waals surface area (Å²) in [5.41, 5.74) is 5.46. The predicted molar refractivity (Wildman–Crippen MR) is 70.9 cm³/mol. The number of nitrogens with one attached hydrogen (secondary N) is 1. The first-order valence-corrected chi connectivity index (χ1v) is 6.31. The Kier molecular flexibility index (Phi) is 6.39. The lowest BCUT2D eigenvalue weighted by atomic mass is 10.3. The van der Waals surface area contributed by atoms with Crippen LogP contribution in [0.15, 0.2) is 0 Å². The third-order valence-electron chi connectivity index (χ3n) is 2.60. The number of hydrogen-bond donors (Lipinski definition) is 2. The summed E-state index contributed by atoms with van der Waals surface area (Å²) in [5.74, 6) is 0.0755. The average molecular weight is 259 g/mol. The zero-order valence-electron chi connectivity index (χ0n) is 10.3. The maximum Gasteiger partial charge on any atom is 0.234 e. The summed E-state index contributed by atoms with van der Waals surface area (Å²) in [4.78, 5) is 14.1. The minimum absolute atomic E-state index is 0.0755. The normalized spacial score (nSPS) is 14.9. The molecule has 1 rings (SSSR count). The number of nitrogens with zero attached hydrogens (tertiary/aromatic N) is 1. The number of rotatable bonds is 9. The Bertz CT molecular complexity index is 269. The van der Waals surface area contributed by atoms with Crippen LogP contribution in [0.2, 0.25) is 0 Å². The molecule has 0 aromatic carbocycles. The molecule has 1 fully saturated rings. The van der Waals surface area contributed by atoms with Crippen molar-refractivity contribution in [2.45, 2.75) is 25.3 Å². The number of nitrogens with two attached hydrogens (primary N) is 1. The van der Waals surface area contributed by atoms with Crippen molar-refractivity contribution >= 4 is 23.1 Å². The van der Waals surface area contributed by atoms with E-state index in [1.54, 1.807) is 7.11 Å². The van der Waals surface area contributed by atoms with Crippen molar-refractivity contribution < 1.29 is 9.53 Å². The lowest BCUT2D eigenvalue weighted by molar-refractivity contribution is -0.122. The van der Waals surface area contributed by atoms with Gasteiger partial charge in [0.25, 0.3) is 0 Å². The van der Waals surface area contributed by atoms with Gasteiger partial charge in [-0.05, 0) is 12.8 Å². The van der Waals surface area contributed by atoms with Gasteiger partial charge in [-0.3, -0.25) is 9.69 Å². The van der Waals surface area contributed by atoms with Gasteiger partial charge in [0.05, 0.1) is 18.1 Å². The maximum atomic E-state index is 11.7. The minimum atomic E-state index is 0.0755. The van der Waals surface area contributed by atoms with E-state index in [9.17, 15) is 4.79 Å². The summed E-state index contributed by atoms with van der Waals surface area (Å²) in [6, 6.07) is 0.405. The van der Waals surface area contributed by atoms with E-state index in [2.05, 4.69) is 5.32 Å². The number of ether oxygens (including phenoxy) is 1. The number of carbonyl (C=O) groups excluding carboxylic acids is 1. The molecular weight excluding hydrogens is 238 g/mol. The molecule has 0 heterocycles. The Balaban J connectivity index is 2.26. The second kappa shape index (κ2) is 7.58. The van der Waals surface area contributed by atoms with Gasteiger partial charge in [0.2, 0.25) is 5.91 Å². The van der Waals surface area contributed by atoms with Gasteiger partial charge in [-0.2, -0.15) is 0 Å². The molecule has 5 nitrogen and oxygen atoms in total. The standard InChI is InChI=1S/C11H21N3O2S/c1-16-7-6-14(5-4-10(12)17)8-11(15)13-9-2-3-9/h9H,2-8H2,1H3,(H2,12,17)(H,13,15). The number of methoxy groups -OCH3 is 1. The van der Waals surface area contributed by atoms with Crippen LogP contribution in [0.4, 0.5) is 0 Å². The molecule has 17 heavy (non-hydrogen) atoms. The fourth-order valence-electron chi connectivity index (χ4n) is 1.46. The van der Waals surface area contributed by atoms with Gasteiger partial charge in [0, 0.05) is 32.7 Å². The Morgan fingerprint density at radius 3 is 2.76 bits per heavy atom. The molecule has 3 N–H and O–H groups in total. The van der Waals surface area contributed by atoms with Crippen molar-refractivity contribution in [2.24, 2.45) is 5.73 Å². The Morgan fingerprint density at radius 2 is 2.24 bits per heavy atom. The Morgan fingerprint density at radius 1 is 1.53 bits per heavy atom. The highest BCUT2D eigenvalue weighted by molar-refractivity contribution is 7.80. The van der Waals surface area contributed by atoms with Crippen molar-refractivity contribution in [2.75, 3.05) is 33.4 Å². The largest absolute Gasteiger partial charge is 0.393 e. The summed E-state index contributed by atoms with van der Waals surface area (Å²) in [5, 5.41) is 2.96. The molecule has 0 radical (unpaired) electrons. The average Bonchev–Trinajstić information content (AvgIpc) is 3.05. The van der Waals surface area contributed by atoms with Crippen molar-refractivity contribution in [3.05, 3.63) is 0 Å². The first-order chi connectivity index (χ1) is 8.11. The van der Waals surface area contributed by atoms with Gasteiger partial charge in [-0.15, -0.1) is 0 Å². The molecule has 1 aliphatic rings. The molecule has 0 aliphatic heterocycles. The summed E-state index contributed by atoms with van der Waals surface area (Å²) in [6.45, 7) is 2.42. The highest BCUT2D eigenvalue weighted by atomic mass is 32.1. The molecule has 98 valence electrons. The lowest BCUT2D eigenvalue weighted by Crippen LogP contribution is -2.40. The highest BCUT2D eigenvalue weighted by Gasteiger charge is 2.23. The van der Waals surface area contributed by atoms with Crippen molar-refractivity contribution in [1.82, 2.24) is 10.2 Å². The topological polar surface area (TPSA) is 67.6 Å². The van der Waals surface area contributed by atoms with E-state index in [4.69, 9.17) is 22.7 Å². The first-order valence-electron chi connectivity index (χ1n) is 5.90. The molecule has 1 saturated carbocycles. The third kappa shape index (κ3) is 7.25. The fourth-order valence-corrected chi connectivity index (χ4v) is 1.55.